The van der Waals surface area contributed by atoms with E-state index >= 15 is 0 Å². The topological polar surface area (TPSA) is 107 Å². The monoisotopic (exact) mass is 524 g/mol. The van der Waals surface area contributed by atoms with Crippen molar-refractivity contribution >= 4 is 29.5 Å². The summed E-state index contributed by atoms with van der Waals surface area (Å²) < 4.78 is 16.2. The third-order valence-corrected chi connectivity index (χ3v) is 6.14. The van der Waals surface area contributed by atoms with Gasteiger partial charge >= 0.3 is 6.09 Å². The highest BCUT2D eigenvalue weighted by atomic mass is 32.2. The van der Waals surface area contributed by atoms with E-state index in [0.29, 0.717) is 12.2 Å². The Hall–Kier alpha value is -3.56. The number of alkyl carbamates (subject to hydrolysis) is 1. The van der Waals surface area contributed by atoms with Gasteiger partial charge in [-0.2, -0.15) is 0 Å². The molecule has 3 rings (SSSR count). The first-order valence-electron chi connectivity index (χ1n) is 12.0. The number of Topliss-reactive ketones (excluding diaryl/α,β-unsaturated/α-hetero) is 1. The number of thioether (sulfide) groups is 1. The fourth-order valence-corrected chi connectivity index (χ4v) is 4.27. The number of nitrogens with one attached hydrogen (secondary N) is 2. The molecule has 3 aromatic rings. The molecule has 37 heavy (non-hydrogen) atoms. The van der Waals surface area contributed by atoms with Crippen molar-refractivity contribution in [2.75, 3.05) is 5.75 Å². The van der Waals surface area contributed by atoms with Crippen LogP contribution in [0.25, 0.3) is 0 Å². The molecular weight excluding hydrogens is 492 g/mol. The predicted molar refractivity (Wildman–Crippen MR) is 142 cm³/mol. The molecule has 0 saturated heterocycles. The van der Waals surface area contributed by atoms with E-state index in [1.54, 1.807) is 26.2 Å². The summed E-state index contributed by atoms with van der Waals surface area (Å²) in [5, 5.41) is 5.24. The summed E-state index contributed by atoms with van der Waals surface area (Å²) in [5.74, 6) is 0.712. The van der Waals surface area contributed by atoms with E-state index in [2.05, 4.69) is 10.6 Å². The van der Waals surface area contributed by atoms with E-state index in [1.165, 1.54) is 11.8 Å². The van der Waals surface area contributed by atoms with Crippen LogP contribution in [0.2, 0.25) is 0 Å². The Balaban J connectivity index is 1.63. The van der Waals surface area contributed by atoms with Gasteiger partial charge in [-0.3, -0.25) is 14.9 Å². The van der Waals surface area contributed by atoms with E-state index in [9.17, 15) is 14.4 Å². The molecule has 0 spiro atoms. The second kappa shape index (κ2) is 14.9. The van der Waals surface area contributed by atoms with Crippen molar-refractivity contribution in [3.8, 4) is 0 Å². The van der Waals surface area contributed by atoms with Crippen molar-refractivity contribution in [3.63, 3.8) is 0 Å². The maximum atomic E-state index is 13.2. The van der Waals surface area contributed by atoms with Gasteiger partial charge in [-0.1, -0.05) is 60.7 Å². The van der Waals surface area contributed by atoms with Crippen LogP contribution >= 0.6 is 11.8 Å². The van der Waals surface area contributed by atoms with Crippen LogP contribution in [0.15, 0.2) is 83.5 Å². The van der Waals surface area contributed by atoms with Gasteiger partial charge in [0.25, 0.3) is 5.91 Å². The van der Waals surface area contributed by atoms with Crippen molar-refractivity contribution in [1.82, 2.24) is 10.6 Å². The molecule has 1 heterocycles. The summed E-state index contributed by atoms with van der Waals surface area (Å²) in [6.07, 6.45) is -0.602. The number of ether oxygens (including phenoxy) is 2. The average Bonchev–Trinajstić information content (AvgIpc) is 3.41. The Bertz CT molecular complexity index is 1110. The third-order valence-electron chi connectivity index (χ3n) is 5.16. The second-order valence-electron chi connectivity index (χ2n) is 8.56. The van der Waals surface area contributed by atoms with Gasteiger partial charge < -0.3 is 19.2 Å². The highest BCUT2D eigenvalue weighted by Crippen LogP contribution is 2.14. The lowest BCUT2D eigenvalue weighted by Gasteiger charge is -2.24. The molecule has 1 aromatic heterocycles. The summed E-state index contributed by atoms with van der Waals surface area (Å²) in [4.78, 5) is 38.7. The zero-order valence-electron chi connectivity index (χ0n) is 20.9. The largest absolute Gasteiger partial charge is 0.468 e. The summed E-state index contributed by atoms with van der Waals surface area (Å²) in [5.41, 5.74) is 1.71. The van der Waals surface area contributed by atoms with E-state index in [-0.39, 0.29) is 24.2 Å². The Labute approximate surface area is 221 Å². The summed E-state index contributed by atoms with van der Waals surface area (Å²) in [6, 6.07) is 21.4. The van der Waals surface area contributed by atoms with Crippen molar-refractivity contribution < 1.29 is 28.3 Å². The van der Waals surface area contributed by atoms with Crippen molar-refractivity contribution in [2.24, 2.45) is 0 Å². The van der Waals surface area contributed by atoms with Crippen molar-refractivity contribution in [2.45, 2.75) is 51.0 Å². The Kier molecular flexibility index (Phi) is 11.3. The normalized spacial score (nSPS) is 12.5. The quantitative estimate of drug-likeness (QED) is 0.299. The predicted octanol–water partition coefficient (Wildman–Crippen LogP) is 4.49. The standard InChI is InChI=1S/C28H32N2O6S/c1-20(2)36-27(30-28(33)35-17-22-12-7-4-8-13-22)26(32)29-24(16-21-10-5-3-6-11-21)25(31)19-37-18-23-14-9-15-34-23/h3-15,20,24,27H,16-19H2,1-2H3,(H,29,32)(H,30,33)/t24?,27-/m0/s1. The zero-order valence-corrected chi connectivity index (χ0v) is 21.7. The average molecular weight is 525 g/mol. The number of rotatable bonds is 14. The minimum Gasteiger partial charge on any atom is -0.468 e. The summed E-state index contributed by atoms with van der Waals surface area (Å²) in [6.45, 7) is 3.54. The molecule has 196 valence electrons. The molecule has 2 aromatic carbocycles. The first kappa shape index (κ1) is 28.0. The molecule has 0 aliphatic rings. The molecule has 0 fully saturated rings. The van der Waals surface area contributed by atoms with Crippen LogP contribution in [0.5, 0.6) is 0 Å². The zero-order chi connectivity index (χ0) is 26.5. The van der Waals surface area contributed by atoms with Crippen molar-refractivity contribution in [1.29, 1.82) is 0 Å². The number of carbonyl (C=O) groups is 3. The second-order valence-corrected chi connectivity index (χ2v) is 9.55. The van der Waals surface area contributed by atoms with Crippen LogP contribution in [0.3, 0.4) is 0 Å². The highest BCUT2D eigenvalue weighted by molar-refractivity contribution is 7.99. The molecule has 9 heteroatoms. The van der Waals surface area contributed by atoms with Gasteiger partial charge in [0.2, 0.25) is 6.23 Å². The number of benzene rings is 2. The van der Waals surface area contributed by atoms with Crippen LogP contribution in [0.4, 0.5) is 4.79 Å². The van der Waals surface area contributed by atoms with E-state index in [4.69, 9.17) is 13.9 Å². The fraction of sp³-hybridized carbons (Fsp3) is 0.321. The van der Waals surface area contributed by atoms with E-state index in [1.807, 2.05) is 66.7 Å². The van der Waals surface area contributed by atoms with Gasteiger partial charge in [0, 0.05) is 0 Å². The maximum Gasteiger partial charge on any atom is 0.409 e. The lowest BCUT2D eigenvalue weighted by atomic mass is 10.0. The first-order valence-corrected chi connectivity index (χ1v) is 13.2. The minimum absolute atomic E-state index is 0.0463. The number of carbonyl (C=O) groups excluding carboxylic acids is 3. The molecule has 8 nitrogen and oxygen atoms in total. The molecule has 0 bridgehead atoms. The fourth-order valence-electron chi connectivity index (χ4n) is 3.40. The Morgan fingerprint density at radius 3 is 2.19 bits per heavy atom. The number of amides is 2. The van der Waals surface area contributed by atoms with Crippen molar-refractivity contribution in [3.05, 3.63) is 95.9 Å². The number of ketones is 1. The lowest BCUT2D eigenvalue weighted by molar-refractivity contribution is -0.140. The molecule has 0 saturated carbocycles. The van der Waals surface area contributed by atoms with Crippen LogP contribution in [-0.2, 0) is 37.8 Å². The molecule has 0 aliphatic heterocycles. The number of furan rings is 1. The van der Waals surface area contributed by atoms with Crippen LogP contribution < -0.4 is 10.6 Å². The lowest BCUT2D eigenvalue weighted by Crippen LogP contribution is -2.54. The van der Waals surface area contributed by atoms with Crippen LogP contribution in [0.1, 0.15) is 30.7 Å². The third kappa shape index (κ3) is 10.1. The van der Waals surface area contributed by atoms with E-state index < -0.39 is 24.3 Å². The van der Waals surface area contributed by atoms with Gasteiger partial charge in [0.05, 0.1) is 29.9 Å². The SMILES string of the molecule is CC(C)O[C@H](NC(=O)OCc1ccccc1)C(=O)NC(Cc1ccccc1)C(=O)CSCc1ccco1. The molecule has 0 aliphatic carbocycles. The van der Waals surface area contributed by atoms with Gasteiger partial charge in [-0.05, 0) is 43.5 Å². The van der Waals surface area contributed by atoms with Gasteiger partial charge in [-0.25, -0.2) is 4.79 Å². The summed E-state index contributed by atoms with van der Waals surface area (Å²) in [7, 11) is 0. The first-order chi connectivity index (χ1) is 17.9. The van der Waals surface area contributed by atoms with Gasteiger partial charge in [0.1, 0.15) is 12.4 Å². The smallest absolute Gasteiger partial charge is 0.409 e. The van der Waals surface area contributed by atoms with E-state index in [0.717, 1.165) is 16.9 Å². The Morgan fingerprint density at radius 1 is 0.892 bits per heavy atom. The molecular formula is C28H32N2O6S. The molecule has 2 N–H and O–H groups in total. The molecule has 2 atom stereocenters. The van der Waals surface area contributed by atoms with Crippen LogP contribution in [-0.4, -0.2) is 41.9 Å². The molecule has 1 unspecified atom stereocenters. The molecule has 2 amide bonds. The minimum atomic E-state index is -1.33. The van der Waals surface area contributed by atoms with Gasteiger partial charge in [0.15, 0.2) is 5.78 Å². The maximum absolute atomic E-state index is 13.2. The van der Waals surface area contributed by atoms with Gasteiger partial charge in [-0.15, -0.1) is 11.8 Å². The molecule has 0 radical (unpaired) electrons. The van der Waals surface area contributed by atoms with Crippen LogP contribution in [0, 0.1) is 0 Å². The summed E-state index contributed by atoms with van der Waals surface area (Å²) >= 11 is 1.40. The number of hydrogen-bond acceptors (Lipinski definition) is 7. The number of hydrogen-bond donors (Lipinski definition) is 2. The highest BCUT2D eigenvalue weighted by Gasteiger charge is 2.28. The Morgan fingerprint density at radius 2 is 1.57 bits per heavy atom.